The van der Waals surface area contributed by atoms with Gasteiger partial charge in [-0.1, -0.05) is 0 Å². The number of carbonyl (C=O) groups excluding carboxylic acids is 1. The van der Waals surface area contributed by atoms with Crippen LogP contribution in [0.2, 0.25) is 0 Å². The van der Waals surface area contributed by atoms with E-state index in [1.165, 1.54) is 12.1 Å². The Morgan fingerprint density at radius 2 is 2.15 bits per heavy atom. The topological polar surface area (TPSA) is 54.4 Å². The van der Waals surface area contributed by atoms with Gasteiger partial charge >= 0.3 is 5.97 Å². The zero-order valence-corrected chi connectivity index (χ0v) is 7.84. The molecule has 0 aromatic heterocycles. The summed E-state index contributed by atoms with van der Waals surface area (Å²) < 4.78 is 13.3. The van der Waals surface area contributed by atoms with Gasteiger partial charge in [-0.15, -0.1) is 0 Å². The summed E-state index contributed by atoms with van der Waals surface area (Å²) in [7, 11) is 0. The van der Waals surface area contributed by atoms with Crippen LogP contribution in [-0.2, 0) is 0 Å². The van der Waals surface area contributed by atoms with Gasteiger partial charge in [0.1, 0.15) is 11.4 Å². The molecule has 0 aliphatic rings. The summed E-state index contributed by atoms with van der Waals surface area (Å²) in [5.74, 6) is -2.43. The molecule has 0 atom stereocenters. The average molecular weight is 247 g/mol. The third-order valence-corrected chi connectivity index (χ3v) is 2.12. The standard InChI is InChI=1S/C8H4BrFO3/c9-5-2-1-4(3-11)7(10)6(5)8(12)13/h1-3H,(H,12,13). The second-order valence-corrected chi connectivity index (χ2v) is 3.10. The van der Waals surface area contributed by atoms with Crippen LogP contribution < -0.4 is 0 Å². The molecule has 5 heteroatoms. The molecule has 13 heavy (non-hydrogen) atoms. The van der Waals surface area contributed by atoms with Crippen molar-refractivity contribution in [2.45, 2.75) is 0 Å². The number of carbonyl (C=O) groups is 2. The summed E-state index contributed by atoms with van der Waals surface area (Å²) in [6.07, 6.45) is 0.272. The van der Waals surface area contributed by atoms with Crippen molar-refractivity contribution >= 4 is 28.2 Å². The molecule has 0 unspecified atom stereocenters. The van der Waals surface area contributed by atoms with Crippen LogP contribution in [-0.4, -0.2) is 17.4 Å². The predicted molar refractivity (Wildman–Crippen MR) is 46.4 cm³/mol. The highest BCUT2D eigenvalue weighted by atomic mass is 79.9. The highest BCUT2D eigenvalue weighted by Gasteiger charge is 2.17. The molecule has 1 N–H and O–H groups in total. The van der Waals surface area contributed by atoms with Gasteiger partial charge in [0, 0.05) is 4.47 Å². The number of benzene rings is 1. The molecule has 0 aliphatic carbocycles. The summed E-state index contributed by atoms with van der Waals surface area (Å²) in [5.41, 5.74) is -0.787. The smallest absolute Gasteiger partial charge is 0.339 e. The van der Waals surface area contributed by atoms with E-state index >= 15 is 0 Å². The van der Waals surface area contributed by atoms with Gasteiger partial charge in [0.05, 0.1) is 5.56 Å². The fraction of sp³-hybridized carbons (Fsp3) is 0. The molecule has 0 amide bonds. The molecule has 0 spiro atoms. The first-order valence-corrected chi connectivity index (χ1v) is 4.03. The van der Waals surface area contributed by atoms with E-state index in [-0.39, 0.29) is 16.3 Å². The molecule has 1 aromatic rings. The maximum atomic E-state index is 13.1. The highest BCUT2D eigenvalue weighted by Crippen LogP contribution is 2.21. The molecule has 0 radical (unpaired) electrons. The molecule has 1 aromatic carbocycles. The fourth-order valence-corrected chi connectivity index (χ4v) is 1.33. The maximum absolute atomic E-state index is 13.1. The van der Waals surface area contributed by atoms with Crippen molar-refractivity contribution < 1.29 is 19.1 Å². The van der Waals surface area contributed by atoms with Crippen molar-refractivity contribution in [3.63, 3.8) is 0 Å². The van der Waals surface area contributed by atoms with E-state index in [0.29, 0.717) is 0 Å². The lowest BCUT2D eigenvalue weighted by molar-refractivity contribution is 0.0691. The third kappa shape index (κ3) is 1.75. The van der Waals surface area contributed by atoms with Gasteiger partial charge in [0.25, 0.3) is 0 Å². The van der Waals surface area contributed by atoms with E-state index in [1.54, 1.807) is 0 Å². The first-order chi connectivity index (χ1) is 6.07. The van der Waals surface area contributed by atoms with Gasteiger partial charge in [0.2, 0.25) is 0 Å². The van der Waals surface area contributed by atoms with Crippen LogP contribution in [0, 0.1) is 5.82 Å². The summed E-state index contributed by atoms with van der Waals surface area (Å²) in [6.45, 7) is 0. The van der Waals surface area contributed by atoms with Crippen LogP contribution >= 0.6 is 15.9 Å². The van der Waals surface area contributed by atoms with Crippen LogP contribution in [0.25, 0.3) is 0 Å². The Morgan fingerprint density at radius 3 is 2.62 bits per heavy atom. The molecule has 3 nitrogen and oxygen atoms in total. The monoisotopic (exact) mass is 246 g/mol. The number of rotatable bonds is 2. The van der Waals surface area contributed by atoms with Crippen LogP contribution in [0.1, 0.15) is 20.7 Å². The Morgan fingerprint density at radius 1 is 1.54 bits per heavy atom. The summed E-state index contributed by atoms with van der Waals surface area (Å²) in [6, 6.07) is 2.52. The summed E-state index contributed by atoms with van der Waals surface area (Å²) in [4.78, 5) is 20.8. The van der Waals surface area contributed by atoms with E-state index in [4.69, 9.17) is 5.11 Å². The molecule has 0 saturated carbocycles. The van der Waals surface area contributed by atoms with Crippen molar-refractivity contribution in [2.75, 3.05) is 0 Å². The Balaban J connectivity index is 3.47. The first-order valence-electron chi connectivity index (χ1n) is 3.24. The first kappa shape index (κ1) is 9.85. The Labute approximate surface area is 81.3 Å². The Kier molecular flexibility index (Phi) is 2.77. The predicted octanol–water partition coefficient (Wildman–Crippen LogP) is 2.10. The minimum absolute atomic E-state index is 0.114. The second-order valence-electron chi connectivity index (χ2n) is 2.25. The van der Waals surface area contributed by atoms with Gasteiger partial charge in [-0.05, 0) is 28.1 Å². The Bertz CT molecular complexity index is 376. The van der Waals surface area contributed by atoms with Crippen LogP contribution in [0.3, 0.4) is 0 Å². The van der Waals surface area contributed by atoms with Crippen LogP contribution in [0.15, 0.2) is 16.6 Å². The number of carboxylic acid groups (broad SMARTS) is 1. The quantitative estimate of drug-likeness (QED) is 0.814. The summed E-state index contributed by atoms with van der Waals surface area (Å²) in [5, 5.41) is 8.58. The summed E-state index contributed by atoms with van der Waals surface area (Å²) >= 11 is 2.87. The minimum atomic E-state index is -1.41. The normalized spacial score (nSPS) is 9.69. The van der Waals surface area contributed by atoms with E-state index < -0.39 is 17.3 Å². The average Bonchev–Trinajstić information content (AvgIpc) is 2.04. The zero-order chi connectivity index (χ0) is 10.0. The van der Waals surface area contributed by atoms with E-state index in [1.807, 2.05) is 0 Å². The lowest BCUT2D eigenvalue weighted by atomic mass is 10.1. The minimum Gasteiger partial charge on any atom is -0.478 e. The zero-order valence-electron chi connectivity index (χ0n) is 6.25. The van der Waals surface area contributed by atoms with Gasteiger partial charge in [-0.25, -0.2) is 9.18 Å². The van der Waals surface area contributed by atoms with Crippen molar-refractivity contribution in [3.05, 3.63) is 33.5 Å². The number of hydrogen-bond acceptors (Lipinski definition) is 2. The van der Waals surface area contributed by atoms with Crippen molar-refractivity contribution in [1.82, 2.24) is 0 Å². The number of halogens is 2. The van der Waals surface area contributed by atoms with Crippen molar-refractivity contribution in [2.24, 2.45) is 0 Å². The van der Waals surface area contributed by atoms with Gasteiger partial charge in [0.15, 0.2) is 6.29 Å². The number of aldehydes is 1. The molecular formula is C8H4BrFO3. The second kappa shape index (κ2) is 3.66. The van der Waals surface area contributed by atoms with Gasteiger partial charge in [-0.3, -0.25) is 4.79 Å². The maximum Gasteiger partial charge on any atom is 0.339 e. The highest BCUT2D eigenvalue weighted by molar-refractivity contribution is 9.10. The largest absolute Gasteiger partial charge is 0.478 e. The van der Waals surface area contributed by atoms with Gasteiger partial charge < -0.3 is 5.11 Å². The number of carboxylic acids is 1. The van der Waals surface area contributed by atoms with E-state index in [0.717, 1.165) is 0 Å². The van der Waals surface area contributed by atoms with E-state index in [2.05, 4.69) is 15.9 Å². The molecular weight excluding hydrogens is 243 g/mol. The van der Waals surface area contributed by atoms with Crippen LogP contribution in [0.5, 0.6) is 0 Å². The molecule has 0 fully saturated rings. The molecule has 1 rings (SSSR count). The number of aromatic carboxylic acids is 1. The number of hydrogen-bond donors (Lipinski definition) is 1. The van der Waals surface area contributed by atoms with E-state index in [9.17, 15) is 14.0 Å². The lowest BCUT2D eigenvalue weighted by Gasteiger charge is -2.01. The SMILES string of the molecule is O=Cc1ccc(Br)c(C(=O)O)c1F. The molecule has 0 aliphatic heterocycles. The van der Waals surface area contributed by atoms with Crippen molar-refractivity contribution in [1.29, 1.82) is 0 Å². The molecule has 68 valence electrons. The lowest BCUT2D eigenvalue weighted by Crippen LogP contribution is -2.04. The molecule has 0 heterocycles. The van der Waals surface area contributed by atoms with Gasteiger partial charge in [-0.2, -0.15) is 0 Å². The van der Waals surface area contributed by atoms with Crippen molar-refractivity contribution in [3.8, 4) is 0 Å². The molecule has 0 saturated heterocycles. The fourth-order valence-electron chi connectivity index (χ4n) is 0.856. The Hall–Kier alpha value is -1.23. The molecule has 0 bridgehead atoms. The van der Waals surface area contributed by atoms with Crippen LogP contribution in [0.4, 0.5) is 4.39 Å². The third-order valence-electron chi connectivity index (χ3n) is 1.46.